The predicted octanol–water partition coefficient (Wildman–Crippen LogP) is 3.77. The highest BCUT2D eigenvalue weighted by Gasteiger charge is 2.11. The molecule has 0 saturated heterocycles. The molecule has 0 aliphatic rings. The van der Waals surface area contributed by atoms with Gasteiger partial charge in [-0.3, -0.25) is 14.7 Å². The molecule has 3 N–H and O–H groups in total. The molecule has 0 spiro atoms. The first-order valence-corrected chi connectivity index (χ1v) is 8.68. The van der Waals surface area contributed by atoms with E-state index in [1.807, 2.05) is 25.1 Å². The van der Waals surface area contributed by atoms with Crippen LogP contribution in [0.1, 0.15) is 26.5 Å². The van der Waals surface area contributed by atoms with Gasteiger partial charge in [-0.2, -0.15) is 5.10 Å². The normalized spacial score (nSPS) is 10.6. The van der Waals surface area contributed by atoms with Gasteiger partial charge in [0, 0.05) is 28.0 Å². The van der Waals surface area contributed by atoms with Crippen molar-refractivity contribution in [3.05, 3.63) is 83.8 Å². The number of carbonyl (C=O) groups is 2. The molecule has 0 aliphatic heterocycles. The average molecular weight is 371 g/mol. The zero-order valence-corrected chi connectivity index (χ0v) is 15.1. The molecule has 2 aromatic heterocycles. The molecule has 4 rings (SSSR count). The number of anilines is 2. The minimum absolute atomic E-state index is 0.271. The number of fused-ring (bicyclic) bond motifs is 1. The molecular formula is C21H17N5O2. The minimum Gasteiger partial charge on any atom is -0.322 e. The maximum atomic E-state index is 12.6. The molecule has 2 amide bonds. The summed E-state index contributed by atoms with van der Waals surface area (Å²) < 4.78 is 0. The number of H-pyrrole nitrogens is 1. The van der Waals surface area contributed by atoms with Crippen LogP contribution in [0.5, 0.6) is 0 Å². The molecule has 7 heteroatoms. The molecule has 0 saturated carbocycles. The number of nitrogens with one attached hydrogen (secondary N) is 3. The van der Waals surface area contributed by atoms with Gasteiger partial charge in [-0.05, 0) is 55.5 Å². The highest BCUT2D eigenvalue weighted by atomic mass is 16.2. The SMILES string of the molecule is Cc1cccc(C(=O)Nc2cccc(C(=O)Nc3ccc4[nH]ncc4c3)c2)n1. The number of hydrogen-bond donors (Lipinski definition) is 3. The summed E-state index contributed by atoms with van der Waals surface area (Å²) in [5, 5.41) is 13.4. The summed E-state index contributed by atoms with van der Waals surface area (Å²) in [5.74, 6) is -0.598. The monoisotopic (exact) mass is 371 g/mol. The Kier molecular flexibility index (Phi) is 4.55. The van der Waals surface area contributed by atoms with Crippen molar-refractivity contribution < 1.29 is 9.59 Å². The number of pyridine rings is 1. The first-order valence-electron chi connectivity index (χ1n) is 8.68. The standard InChI is InChI=1S/C21H17N5O2/c1-13-4-2-7-19(23-13)21(28)25-16-6-3-5-14(10-16)20(27)24-17-8-9-18-15(11-17)12-22-26-18/h2-12H,1H3,(H,22,26)(H,24,27)(H,25,28). The molecule has 28 heavy (non-hydrogen) atoms. The lowest BCUT2D eigenvalue weighted by atomic mass is 10.1. The van der Waals surface area contributed by atoms with E-state index in [0.717, 1.165) is 16.6 Å². The average Bonchev–Trinajstić information content (AvgIpc) is 3.16. The quantitative estimate of drug-likeness (QED) is 0.508. The van der Waals surface area contributed by atoms with Crippen LogP contribution in [0.15, 0.2) is 66.9 Å². The van der Waals surface area contributed by atoms with Crippen LogP contribution < -0.4 is 10.6 Å². The second-order valence-electron chi connectivity index (χ2n) is 6.33. The second kappa shape index (κ2) is 7.32. The van der Waals surface area contributed by atoms with Crippen molar-refractivity contribution >= 4 is 34.1 Å². The van der Waals surface area contributed by atoms with Crippen LogP contribution in [0, 0.1) is 6.92 Å². The van der Waals surface area contributed by atoms with Crippen molar-refractivity contribution in [2.45, 2.75) is 6.92 Å². The Morgan fingerprint density at radius 1 is 0.893 bits per heavy atom. The first kappa shape index (κ1) is 17.4. The van der Waals surface area contributed by atoms with Crippen LogP contribution in [0.25, 0.3) is 10.9 Å². The summed E-state index contributed by atoms with van der Waals surface area (Å²) in [5.41, 5.74) is 3.59. The fourth-order valence-corrected chi connectivity index (χ4v) is 2.83. The van der Waals surface area contributed by atoms with E-state index in [-0.39, 0.29) is 11.8 Å². The molecule has 0 bridgehead atoms. The van der Waals surface area contributed by atoms with Crippen LogP contribution in [-0.2, 0) is 0 Å². The highest BCUT2D eigenvalue weighted by Crippen LogP contribution is 2.18. The van der Waals surface area contributed by atoms with Crippen molar-refractivity contribution in [2.24, 2.45) is 0 Å². The number of hydrogen-bond acceptors (Lipinski definition) is 4. The largest absolute Gasteiger partial charge is 0.322 e. The third-order valence-electron chi connectivity index (χ3n) is 4.20. The van der Waals surface area contributed by atoms with Gasteiger partial charge >= 0.3 is 0 Å². The smallest absolute Gasteiger partial charge is 0.274 e. The van der Waals surface area contributed by atoms with Crippen molar-refractivity contribution in [1.82, 2.24) is 15.2 Å². The number of benzene rings is 2. The Balaban J connectivity index is 1.49. The van der Waals surface area contributed by atoms with Gasteiger partial charge < -0.3 is 10.6 Å². The highest BCUT2D eigenvalue weighted by molar-refractivity contribution is 6.07. The lowest BCUT2D eigenvalue weighted by molar-refractivity contribution is 0.101. The number of aromatic nitrogens is 3. The first-order chi connectivity index (χ1) is 13.6. The van der Waals surface area contributed by atoms with Gasteiger partial charge in [0.15, 0.2) is 0 Å². The van der Waals surface area contributed by atoms with E-state index < -0.39 is 0 Å². The molecule has 7 nitrogen and oxygen atoms in total. The molecule has 0 atom stereocenters. The van der Waals surface area contributed by atoms with Crippen LogP contribution >= 0.6 is 0 Å². The lowest BCUT2D eigenvalue weighted by Gasteiger charge is -2.09. The number of amides is 2. The predicted molar refractivity (Wildman–Crippen MR) is 107 cm³/mol. The molecule has 0 radical (unpaired) electrons. The van der Waals surface area contributed by atoms with E-state index in [1.165, 1.54) is 0 Å². The molecule has 2 heterocycles. The fraction of sp³-hybridized carbons (Fsp3) is 0.0476. The molecule has 0 fully saturated rings. The van der Waals surface area contributed by atoms with Gasteiger partial charge in [0.1, 0.15) is 5.69 Å². The number of aromatic amines is 1. The summed E-state index contributed by atoms with van der Waals surface area (Å²) in [6, 6.07) is 17.5. The van der Waals surface area contributed by atoms with Crippen LogP contribution in [-0.4, -0.2) is 27.0 Å². The van der Waals surface area contributed by atoms with Gasteiger partial charge in [-0.25, -0.2) is 4.98 Å². The van der Waals surface area contributed by atoms with Crippen molar-refractivity contribution in [3.63, 3.8) is 0 Å². The van der Waals surface area contributed by atoms with Crippen LogP contribution in [0.2, 0.25) is 0 Å². The van der Waals surface area contributed by atoms with Crippen molar-refractivity contribution in [1.29, 1.82) is 0 Å². The number of carbonyl (C=O) groups excluding carboxylic acids is 2. The summed E-state index contributed by atoms with van der Waals surface area (Å²) in [7, 11) is 0. The van der Waals surface area contributed by atoms with E-state index in [2.05, 4.69) is 25.8 Å². The van der Waals surface area contributed by atoms with E-state index >= 15 is 0 Å². The summed E-state index contributed by atoms with van der Waals surface area (Å²) in [6.45, 7) is 1.82. The molecular weight excluding hydrogens is 354 g/mol. The van der Waals surface area contributed by atoms with E-state index in [9.17, 15) is 9.59 Å². The zero-order valence-electron chi connectivity index (χ0n) is 15.1. The summed E-state index contributed by atoms with van der Waals surface area (Å²) in [4.78, 5) is 29.1. The van der Waals surface area contributed by atoms with Gasteiger partial charge in [0.25, 0.3) is 11.8 Å². The van der Waals surface area contributed by atoms with Crippen molar-refractivity contribution in [2.75, 3.05) is 10.6 Å². The van der Waals surface area contributed by atoms with E-state index in [0.29, 0.717) is 22.6 Å². The Labute approximate surface area is 160 Å². The number of nitrogens with zero attached hydrogens (tertiary/aromatic N) is 2. The minimum atomic E-state index is -0.327. The van der Waals surface area contributed by atoms with Gasteiger partial charge in [-0.1, -0.05) is 12.1 Å². The topological polar surface area (TPSA) is 99.8 Å². The summed E-state index contributed by atoms with van der Waals surface area (Å²) in [6.07, 6.45) is 1.69. The lowest BCUT2D eigenvalue weighted by Crippen LogP contribution is -2.15. The van der Waals surface area contributed by atoms with Crippen LogP contribution in [0.3, 0.4) is 0 Å². The third kappa shape index (κ3) is 3.73. The van der Waals surface area contributed by atoms with E-state index in [4.69, 9.17) is 0 Å². The maximum absolute atomic E-state index is 12.6. The van der Waals surface area contributed by atoms with Gasteiger partial charge in [0.2, 0.25) is 0 Å². The Morgan fingerprint density at radius 2 is 1.68 bits per heavy atom. The molecule has 0 aliphatic carbocycles. The molecule has 4 aromatic rings. The Hall–Kier alpha value is -4.00. The van der Waals surface area contributed by atoms with Gasteiger partial charge in [-0.15, -0.1) is 0 Å². The fourth-order valence-electron chi connectivity index (χ4n) is 2.83. The van der Waals surface area contributed by atoms with Gasteiger partial charge in [0.05, 0.1) is 11.7 Å². The molecule has 138 valence electrons. The molecule has 0 unspecified atom stereocenters. The van der Waals surface area contributed by atoms with Crippen molar-refractivity contribution in [3.8, 4) is 0 Å². The maximum Gasteiger partial charge on any atom is 0.274 e. The van der Waals surface area contributed by atoms with E-state index in [1.54, 1.807) is 48.7 Å². The summed E-state index contributed by atoms with van der Waals surface area (Å²) >= 11 is 0. The third-order valence-corrected chi connectivity index (χ3v) is 4.20. The zero-order chi connectivity index (χ0) is 19.5. The second-order valence-corrected chi connectivity index (χ2v) is 6.33. The number of rotatable bonds is 4. The molecule has 2 aromatic carbocycles. The Bertz CT molecular complexity index is 1180. The number of aryl methyl sites for hydroxylation is 1. The van der Waals surface area contributed by atoms with Crippen LogP contribution in [0.4, 0.5) is 11.4 Å². The Morgan fingerprint density at radius 3 is 2.54 bits per heavy atom.